The van der Waals surface area contributed by atoms with Crippen molar-refractivity contribution in [3.8, 4) is 0 Å². The molecule has 0 saturated heterocycles. The van der Waals surface area contributed by atoms with Crippen molar-refractivity contribution in [3.05, 3.63) is 69.0 Å². The lowest BCUT2D eigenvalue weighted by Gasteiger charge is -1.99. The number of rotatable bonds is 4. The van der Waals surface area contributed by atoms with E-state index in [2.05, 4.69) is 10.3 Å². The molecule has 7 heteroatoms. The lowest BCUT2D eigenvalue weighted by molar-refractivity contribution is 0.0997. The smallest absolute Gasteiger partial charge is 0.293 e. The molecule has 0 aliphatic rings. The van der Waals surface area contributed by atoms with Gasteiger partial charge in [-0.05, 0) is 41.4 Å². The van der Waals surface area contributed by atoms with Gasteiger partial charge in [-0.15, -0.1) is 11.3 Å². The van der Waals surface area contributed by atoms with Crippen molar-refractivity contribution in [3.63, 3.8) is 0 Å². The molecule has 0 fully saturated rings. The largest absolute Gasteiger partial charge is 0.440 e. The lowest BCUT2D eigenvalue weighted by atomic mass is 10.1. The van der Waals surface area contributed by atoms with Crippen molar-refractivity contribution in [1.82, 2.24) is 4.98 Å². The maximum absolute atomic E-state index is 11.9. The Balaban J connectivity index is 1.67. The molecule has 0 saturated carbocycles. The highest BCUT2D eigenvalue weighted by Gasteiger charge is 2.13. The topological polar surface area (TPSA) is 55.1 Å². The summed E-state index contributed by atoms with van der Waals surface area (Å²) >= 11 is 13.0. The molecular weight excluding hydrogens is 343 g/mol. The minimum atomic E-state index is -0.379. The van der Waals surface area contributed by atoms with Gasteiger partial charge in [0.15, 0.2) is 16.1 Å². The van der Waals surface area contributed by atoms with E-state index in [4.69, 9.17) is 27.6 Å². The number of anilines is 1. The number of amides is 1. The first-order valence-corrected chi connectivity index (χ1v) is 7.93. The van der Waals surface area contributed by atoms with Gasteiger partial charge >= 0.3 is 0 Å². The number of halogens is 2. The number of thiazole rings is 1. The fraction of sp³-hybridized carbons (Fsp3) is 0.0667. The summed E-state index contributed by atoms with van der Waals surface area (Å²) in [6, 6.07) is 10.7. The highest BCUT2D eigenvalue weighted by Crippen LogP contribution is 2.23. The van der Waals surface area contributed by atoms with Crippen LogP contribution >= 0.6 is 34.5 Å². The molecule has 1 N–H and O–H groups in total. The summed E-state index contributed by atoms with van der Waals surface area (Å²) in [5.41, 5.74) is 1.09. The van der Waals surface area contributed by atoms with E-state index in [0.29, 0.717) is 16.6 Å². The summed E-state index contributed by atoms with van der Waals surface area (Å²) in [4.78, 5) is 17.1. The fourth-order valence-corrected chi connectivity index (χ4v) is 3.09. The molecule has 22 heavy (non-hydrogen) atoms. The molecule has 0 unspecified atom stereocenters. The number of carbonyl (C=O) groups is 1. The Kier molecular flexibility index (Phi) is 4.47. The van der Waals surface area contributed by atoms with Gasteiger partial charge in [0.2, 0.25) is 0 Å². The monoisotopic (exact) mass is 352 g/mol. The Morgan fingerprint density at radius 3 is 2.86 bits per heavy atom. The quantitative estimate of drug-likeness (QED) is 0.727. The molecule has 112 valence electrons. The standard InChI is InChI=1S/C15H10Cl2N2O2S/c16-10-3-1-2-9(6-10)7-11-8-18-15(22-11)19-14(20)12-4-5-13(17)21-12/h1-6,8H,7H2,(H,18,19,20). The maximum Gasteiger partial charge on any atom is 0.293 e. The number of carbonyl (C=O) groups excluding carboxylic acids is 1. The molecule has 0 spiro atoms. The molecule has 0 atom stereocenters. The molecule has 2 heterocycles. The Bertz CT molecular complexity index is 813. The third kappa shape index (κ3) is 3.68. The van der Waals surface area contributed by atoms with Crippen molar-refractivity contribution < 1.29 is 9.21 Å². The van der Waals surface area contributed by atoms with E-state index >= 15 is 0 Å². The highest BCUT2D eigenvalue weighted by molar-refractivity contribution is 7.15. The van der Waals surface area contributed by atoms with Gasteiger partial charge in [-0.1, -0.05) is 23.7 Å². The Morgan fingerprint density at radius 2 is 2.14 bits per heavy atom. The van der Waals surface area contributed by atoms with Gasteiger partial charge in [-0.25, -0.2) is 4.98 Å². The van der Waals surface area contributed by atoms with Crippen LogP contribution in [0.3, 0.4) is 0 Å². The average Bonchev–Trinajstić information content (AvgIpc) is 3.08. The van der Waals surface area contributed by atoms with Crippen LogP contribution in [0.2, 0.25) is 10.2 Å². The van der Waals surface area contributed by atoms with Gasteiger partial charge in [0.05, 0.1) is 0 Å². The third-order valence-electron chi connectivity index (χ3n) is 2.84. The van der Waals surface area contributed by atoms with Crippen LogP contribution in [0.5, 0.6) is 0 Å². The number of nitrogens with one attached hydrogen (secondary N) is 1. The molecule has 0 aliphatic heterocycles. The molecule has 1 aromatic carbocycles. The first kappa shape index (κ1) is 15.1. The maximum atomic E-state index is 11.9. The summed E-state index contributed by atoms with van der Waals surface area (Å²) in [6.45, 7) is 0. The van der Waals surface area contributed by atoms with Crippen LogP contribution in [-0.2, 0) is 6.42 Å². The van der Waals surface area contributed by atoms with Crippen LogP contribution in [0.15, 0.2) is 47.0 Å². The number of benzene rings is 1. The minimum absolute atomic E-state index is 0.150. The van der Waals surface area contributed by atoms with Crippen LogP contribution in [-0.4, -0.2) is 10.9 Å². The number of furan rings is 1. The zero-order chi connectivity index (χ0) is 15.5. The van der Waals surface area contributed by atoms with Crippen LogP contribution < -0.4 is 5.32 Å². The van der Waals surface area contributed by atoms with E-state index in [1.54, 1.807) is 6.20 Å². The minimum Gasteiger partial charge on any atom is -0.440 e. The van der Waals surface area contributed by atoms with E-state index in [1.807, 2.05) is 24.3 Å². The van der Waals surface area contributed by atoms with Gasteiger partial charge in [-0.2, -0.15) is 0 Å². The number of aromatic nitrogens is 1. The average molecular weight is 353 g/mol. The van der Waals surface area contributed by atoms with Crippen LogP contribution in [0.1, 0.15) is 21.0 Å². The summed E-state index contributed by atoms with van der Waals surface area (Å²) in [6.07, 6.45) is 2.44. The second-order valence-electron chi connectivity index (χ2n) is 4.50. The highest BCUT2D eigenvalue weighted by atomic mass is 35.5. The number of hydrogen-bond donors (Lipinski definition) is 1. The second-order valence-corrected chi connectivity index (χ2v) is 6.42. The van der Waals surface area contributed by atoms with Gasteiger partial charge < -0.3 is 4.42 Å². The molecule has 0 aliphatic carbocycles. The number of nitrogens with zero attached hydrogens (tertiary/aromatic N) is 1. The molecule has 3 rings (SSSR count). The van der Waals surface area contributed by atoms with Crippen LogP contribution in [0, 0.1) is 0 Å². The second kappa shape index (κ2) is 6.52. The van der Waals surface area contributed by atoms with E-state index in [1.165, 1.54) is 23.5 Å². The molecular formula is C15H10Cl2N2O2S. The Labute approximate surface area is 140 Å². The fourth-order valence-electron chi connectivity index (χ4n) is 1.89. The van der Waals surface area contributed by atoms with Crippen molar-refractivity contribution >= 4 is 45.6 Å². The zero-order valence-corrected chi connectivity index (χ0v) is 13.5. The predicted octanol–water partition coefficient (Wildman–Crippen LogP) is 4.89. The van der Waals surface area contributed by atoms with E-state index in [9.17, 15) is 4.79 Å². The lowest BCUT2D eigenvalue weighted by Crippen LogP contribution is -2.10. The summed E-state index contributed by atoms with van der Waals surface area (Å²) in [5, 5.41) is 4.06. The molecule has 4 nitrogen and oxygen atoms in total. The molecule has 3 aromatic rings. The third-order valence-corrected chi connectivity index (χ3v) is 4.19. The van der Waals surface area contributed by atoms with Gasteiger partial charge in [0.25, 0.3) is 5.91 Å². The SMILES string of the molecule is O=C(Nc1ncc(Cc2cccc(Cl)c2)s1)c1ccc(Cl)o1. The van der Waals surface area contributed by atoms with Crippen LogP contribution in [0.4, 0.5) is 5.13 Å². The summed E-state index contributed by atoms with van der Waals surface area (Å²) < 4.78 is 5.05. The normalized spacial score (nSPS) is 10.6. The first-order chi connectivity index (χ1) is 10.6. The predicted molar refractivity (Wildman–Crippen MR) is 88.0 cm³/mol. The Morgan fingerprint density at radius 1 is 1.27 bits per heavy atom. The van der Waals surface area contributed by atoms with Crippen LogP contribution in [0.25, 0.3) is 0 Å². The van der Waals surface area contributed by atoms with E-state index in [0.717, 1.165) is 10.4 Å². The van der Waals surface area contributed by atoms with Gasteiger partial charge in [0, 0.05) is 22.5 Å². The zero-order valence-electron chi connectivity index (χ0n) is 11.2. The first-order valence-electron chi connectivity index (χ1n) is 6.36. The van der Waals surface area contributed by atoms with Crippen molar-refractivity contribution in [2.45, 2.75) is 6.42 Å². The van der Waals surface area contributed by atoms with Crippen molar-refractivity contribution in [2.75, 3.05) is 5.32 Å². The number of hydrogen-bond acceptors (Lipinski definition) is 4. The van der Waals surface area contributed by atoms with Crippen molar-refractivity contribution in [1.29, 1.82) is 0 Å². The summed E-state index contributed by atoms with van der Waals surface area (Å²) in [7, 11) is 0. The van der Waals surface area contributed by atoms with E-state index < -0.39 is 0 Å². The summed E-state index contributed by atoms with van der Waals surface area (Å²) in [5.74, 6) is -0.229. The Hall–Kier alpha value is -1.82. The molecule has 0 bridgehead atoms. The molecule has 0 radical (unpaired) electrons. The van der Waals surface area contributed by atoms with Gasteiger partial charge in [-0.3, -0.25) is 10.1 Å². The molecule has 2 aromatic heterocycles. The van der Waals surface area contributed by atoms with Gasteiger partial charge in [0.1, 0.15) is 0 Å². The molecule has 1 amide bonds. The van der Waals surface area contributed by atoms with Crippen molar-refractivity contribution in [2.24, 2.45) is 0 Å². The van der Waals surface area contributed by atoms with E-state index in [-0.39, 0.29) is 16.9 Å².